The topological polar surface area (TPSA) is 64.6 Å². The van der Waals surface area contributed by atoms with Gasteiger partial charge in [0.15, 0.2) is 13.2 Å². The number of ether oxygens (including phenoxy) is 2. The van der Waals surface area contributed by atoms with Gasteiger partial charge in [-0.3, -0.25) is 4.79 Å². The molecule has 0 fully saturated rings. The average molecular weight is 366 g/mol. The minimum atomic E-state index is -0.704. The molecule has 5 nitrogen and oxygen atoms in total. The first-order valence-corrected chi connectivity index (χ1v) is 7.83. The molecule has 1 amide bonds. The van der Waals surface area contributed by atoms with Crippen LogP contribution >= 0.6 is 11.6 Å². The number of esters is 1. The van der Waals surface area contributed by atoms with Gasteiger partial charge >= 0.3 is 5.97 Å². The van der Waals surface area contributed by atoms with Crippen molar-refractivity contribution in [3.05, 3.63) is 58.4 Å². The second-order valence-electron chi connectivity index (χ2n) is 5.37. The van der Waals surface area contributed by atoms with E-state index in [0.29, 0.717) is 5.75 Å². The highest BCUT2D eigenvalue weighted by atomic mass is 35.5. The van der Waals surface area contributed by atoms with Gasteiger partial charge in [-0.1, -0.05) is 17.7 Å². The van der Waals surface area contributed by atoms with Gasteiger partial charge in [0.2, 0.25) is 0 Å². The lowest BCUT2D eigenvalue weighted by molar-refractivity contribution is -0.149. The molecule has 7 heteroatoms. The van der Waals surface area contributed by atoms with Gasteiger partial charge in [-0.15, -0.1) is 0 Å². The molecule has 0 aliphatic rings. The Bertz CT molecular complexity index is 795. The molecular weight excluding hydrogens is 349 g/mol. The van der Waals surface area contributed by atoms with Gasteiger partial charge in [-0.25, -0.2) is 9.18 Å². The van der Waals surface area contributed by atoms with Gasteiger partial charge in [0.25, 0.3) is 5.91 Å². The molecule has 0 heterocycles. The first-order chi connectivity index (χ1) is 11.8. The fraction of sp³-hybridized carbons (Fsp3) is 0.222. The lowest BCUT2D eigenvalue weighted by Gasteiger charge is -2.09. The second-order valence-corrected chi connectivity index (χ2v) is 5.80. The van der Waals surface area contributed by atoms with Crippen molar-refractivity contribution >= 4 is 29.2 Å². The highest BCUT2D eigenvalue weighted by Gasteiger charge is 2.11. The van der Waals surface area contributed by atoms with Crippen molar-refractivity contribution in [2.24, 2.45) is 0 Å². The third-order valence-corrected chi connectivity index (χ3v) is 3.64. The molecule has 25 heavy (non-hydrogen) atoms. The van der Waals surface area contributed by atoms with Crippen molar-refractivity contribution in [3.63, 3.8) is 0 Å². The fourth-order valence-electron chi connectivity index (χ4n) is 1.91. The van der Waals surface area contributed by atoms with Crippen LogP contribution in [0.2, 0.25) is 5.02 Å². The zero-order chi connectivity index (χ0) is 18.4. The molecule has 0 aliphatic heterocycles. The summed E-state index contributed by atoms with van der Waals surface area (Å²) in [5.74, 6) is -1.51. The molecule has 0 aliphatic carbocycles. The summed E-state index contributed by atoms with van der Waals surface area (Å²) in [7, 11) is 0. The predicted octanol–water partition coefficient (Wildman–Crippen LogP) is 3.66. The molecule has 0 atom stereocenters. The van der Waals surface area contributed by atoms with Crippen LogP contribution in [0.1, 0.15) is 11.1 Å². The number of hydrogen-bond acceptors (Lipinski definition) is 4. The van der Waals surface area contributed by atoms with Gasteiger partial charge in [0.05, 0.1) is 5.69 Å². The van der Waals surface area contributed by atoms with Crippen LogP contribution < -0.4 is 10.1 Å². The summed E-state index contributed by atoms with van der Waals surface area (Å²) in [6.45, 7) is 3.03. The normalized spacial score (nSPS) is 10.2. The van der Waals surface area contributed by atoms with Crippen LogP contribution in [-0.2, 0) is 14.3 Å². The van der Waals surface area contributed by atoms with E-state index in [9.17, 15) is 14.0 Å². The number of carbonyl (C=O) groups is 2. The summed E-state index contributed by atoms with van der Waals surface area (Å²) in [6.07, 6.45) is 0. The van der Waals surface area contributed by atoms with E-state index < -0.39 is 24.3 Å². The molecule has 132 valence electrons. The van der Waals surface area contributed by atoms with Gasteiger partial charge in [0.1, 0.15) is 11.6 Å². The minimum Gasteiger partial charge on any atom is -0.482 e. The monoisotopic (exact) mass is 365 g/mol. The lowest BCUT2D eigenvalue weighted by Crippen LogP contribution is -2.24. The number of rotatable bonds is 6. The Morgan fingerprint density at radius 2 is 1.84 bits per heavy atom. The molecule has 2 rings (SSSR count). The number of nitrogens with one attached hydrogen (secondary N) is 1. The molecule has 1 N–H and O–H groups in total. The van der Waals surface area contributed by atoms with Crippen LogP contribution in [0.5, 0.6) is 5.75 Å². The number of hydrogen-bond donors (Lipinski definition) is 1. The van der Waals surface area contributed by atoms with E-state index in [4.69, 9.17) is 21.1 Å². The number of halogens is 2. The third kappa shape index (κ3) is 5.76. The molecule has 2 aromatic rings. The van der Waals surface area contributed by atoms with E-state index in [0.717, 1.165) is 17.2 Å². The second kappa shape index (κ2) is 8.48. The number of aryl methyl sites for hydroxylation is 2. The SMILES string of the molecule is Cc1ccc(OCC(=O)OCC(=O)Nc2ccc(Cl)cc2F)cc1C. The smallest absolute Gasteiger partial charge is 0.344 e. The van der Waals surface area contributed by atoms with Crippen molar-refractivity contribution in [1.29, 1.82) is 0 Å². The quantitative estimate of drug-likeness (QED) is 0.793. The zero-order valence-corrected chi connectivity index (χ0v) is 14.5. The average Bonchev–Trinajstić information content (AvgIpc) is 2.56. The summed E-state index contributed by atoms with van der Waals surface area (Å²) < 4.78 is 23.6. The first kappa shape index (κ1) is 18.7. The Hall–Kier alpha value is -2.60. The summed E-state index contributed by atoms with van der Waals surface area (Å²) in [6, 6.07) is 9.25. The molecule has 0 unspecified atom stereocenters. The van der Waals surface area contributed by atoms with Crippen LogP contribution in [0.3, 0.4) is 0 Å². The van der Waals surface area contributed by atoms with Gasteiger partial charge in [-0.2, -0.15) is 0 Å². The van der Waals surface area contributed by atoms with E-state index in [2.05, 4.69) is 5.32 Å². The zero-order valence-electron chi connectivity index (χ0n) is 13.8. The predicted molar refractivity (Wildman–Crippen MR) is 92.4 cm³/mol. The van der Waals surface area contributed by atoms with Gasteiger partial charge in [-0.05, 0) is 55.3 Å². The van der Waals surface area contributed by atoms with Crippen molar-refractivity contribution in [1.82, 2.24) is 0 Å². The number of amides is 1. The molecule has 0 saturated heterocycles. The summed E-state index contributed by atoms with van der Waals surface area (Å²) in [5, 5.41) is 2.50. The van der Waals surface area contributed by atoms with E-state index in [1.54, 1.807) is 12.1 Å². The molecule has 0 aromatic heterocycles. The molecule has 0 bridgehead atoms. The van der Waals surface area contributed by atoms with Crippen LogP contribution in [0, 0.1) is 19.7 Å². The largest absolute Gasteiger partial charge is 0.482 e. The maximum Gasteiger partial charge on any atom is 0.344 e. The Balaban J connectivity index is 1.77. The lowest BCUT2D eigenvalue weighted by atomic mass is 10.1. The van der Waals surface area contributed by atoms with Gasteiger partial charge < -0.3 is 14.8 Å². The van der Waals surface area contributed by atoms with Crippen molar-refractivity contribution in [2.45, 2.75) is 13.8 Å². The van der Waals surface area contributed by atoms with E-state index in [1.807, 2.05) is 19.9 Å². The highest BCUT2D eigenvalue weighted by molar-refractivity contribution is 6.30. The van der Waals surface area contributed by atoms with Crippen molar-refractivity contribution < 1.29 is 23.5 Å². The molecule has 0 radical (unpaired) electrons. The van der Waals surface area contributed by atoms with Crippen molar-refractivity contribution in [2.75, 3.05) is 18.5 Å². The summed E-state index contributed by atoms with van der Waals surface area (Å²) in [5.41, 5.74) is 2.10. The number of carbonyl (C=O) groups excluding carboxylic acids is 2. The third-order valence-electron chi connectivity index (χ3n) is 3.40. The van der Waals surface area contributed by atoms with Crippen LogP contribution in [0.4, 0.5) is 10.1 Å². The fourth-order valence-corrected chi connectivity index (χ4v) is 2.07. The molecule has 0 spiro atoms. The molecular formula is C18H17ClFNO4. The molecule has 2 aromatic carbocycles. The van der Waals surface area contributed by atoms with Crippen LogP contribution in [0.25, 0.3) is 0 Å². The summed E-state index contributed by atoms with van der Waals surface area (Å²) >= 11 is 5.62. The van der Waals surface area contributed by atoms with Crippen LogP contribution in [-0.4, -0.2) is 25.1 Å². The van der Waals surface area contributed by atoms with Crippen molar-refractivity contribution in [3.8, 4) is 5.75 Å². The maximum absolute atomic E-state index is 13.6. The molecule has 0 saturated carbocycles. The standard InChI is InChI=1S/C18H17ClFNO4/c1-11-3-5-14(7-12(11)2)24-10-18(23)25-9-17(22)21-16-6-4-13(19)8-15(16)20/h3-8H,9-10H2,1-2H3,(H,21,22). The highest BCUT2D eigenvalue weighted by Crippen LogP contribution is 2.19. The number of anilines is 1. The van der Waals surface area contributed by atoms with E-state index >= 15 is 0 Å². The Morgan fingerprint density at radius 3 is 2.52 bits per heavy atom. The Kier molecular flexibility index (Phi) is 6.36. The van der Waals surface area contributed by atoms with Gasteiger partial charge in [0, 0.05) is 5.02 Å². The first-order valence-electron chi connectivity index (χ1n) is 7.45. The van der Waals surface area contributed by atoms with E-state index in [1.165, 1.54) is 12.1 Å². The summed E-state index contributed by atoms with van der Waals surface area (Å²) in [4.78, 5) is 23.3. The minimum absolute atomic E-state index is 0.0446. The van der Waals surface area contributed by atoms with E-state index in [-0.39, 0.29) is 17.3 Å². The Morgan fingerprint density at radius 1 is 1.08 bits per heavy atom. The number of benzene rings is 2. The maximum atomic E-state index is 13.6. The van der Waals surface area contributed by atoms with Crippen LogP contribution in [0.15, 0.2) is 36.4 Å². The Labute approximate surface area is 149 Å².